The summed E-state index contributed by atoms with van der Waals surface area (Å²) >= 11 is 0. The monoisotopic (exact) mass is 480 g/mol. The molecule has 0 radical (unpaired) electrons. The van der Waals surface area contributed by atoms with Crippen molar-refractivity contribution in [1.29, 1.82) is 0 Å². The van der Waals surface area contributed by atoms with Gasteiger partial charge in [0.2, 0.25) is 0 Å². The summed E-state index contributed by atoms with van der Waals surface area (Å²) in [5.41, 5.74) is 2.81. The van der Waals surface area contributed by atoms with Gasteiger partial charge in [-0.1, -0.05) is 6.07 Å². The van der Waals surface area contributed by atoms with Crippen molar-refractivity contribution in [2.75, 3.05) is 43.4 Å². The number of nitrogens with zero attached hydrogens (tertiary/aromatic N) is 4. The van der Waals surface area contributed by atoms with Gasteiger partial charge < -0.3 is 30.3 Å². The number of carbonyl (C=O) groups excluding carboxylic acids is 2. The van der Waals surface area contributed by atoms with Gasteiger partial charge in [0.25, 0.3) is 5.91 Å². The van der Waals surface area contributed by atoms with Crippen LogP contribution in [0, 0.1) is 0 Å². The Kier molecular flexibility index (Phi) is 6.39. The van der Waals surface area contributed by atoms with Crippen LogP contribution in [-0.4, -0.2) is 75.6 Å². The summed E-state index contributed by atoms with van der Waals surface area (Å²) in [4.78, 5) is 48.6. The molecule has 0 unspecified atom stereocenters. The zero-order chi connectivity index (χ0) is 24.4. The summed E-state index contributed by atoms with van der Waals surface area (Å²) in [5, 5.41) is 15.5. The highest BCUT2D eigenvalue weighted by Crippen LogP contribution is 2.33. The first-order chi connectivity index (χ1) is 17.0. The lowest BCUT2D eigenvalue weighted by molar-refractivity contribution is -0.138. The molecule has 0 aromatic carbocycles. The molecule has 5 rings (SSSR count). The molecule has 3 amide bonds. The number of nitrogens with one attached hydrogen (secondary N) is 2. The van der Waals surface area contributed by atoms with Gasteiger partial charge in [-0.2, -0.15) is 0 Å². The average Bonchev–Trinajstić information content (AvgIpc) is 3.22. The number of pyridine rings is 2. The second-order valence-corrected chi connectivity index (χ2v) is 8.97. The Morgan fingerprint density at radius 3 is 2.97 bits per heavy atom. The van der Waals surface area contributed by atoms with Crippen LogP contribution in [0.5, 0.6) is 5.75 Å². The molecule has 184 valence electrons. The molecule has 0 aliphatic carbocycles. The molecule has 0 spiro atoms. The Balaban J connectivity index is 1.23. The van der Waals surface area contributed by atoms with Crippen molar-refractivity contribution < 1.29 is 24.2 Å². The van der Waals surface area contributed by atoms with Crippen molar-refractivity contribution in [2.24, 2.45) is 0 Å². The number of amides is 3. The van der Waals surface area contributed by atoms with Crippen LogP contribution in [0.25, 0.3) is 0 Å². The average molecular weight is 481 g/mol. The Morgan fingerprint density at radius 2 is 2.11 bits per heavy atom. The molecule has 2 aromatic rings. The molecule has 3 N–H and O–H groups in total. The number of aromatic nitrogens is 2. The zero-order valence-electron chi connectivity index (χ0n) is 19.3. The van der Waals surface area contributed by atoms with Gasteiger partial charge >= 0.3 is 12.0 Å². The van der Waals surface area contributed by atoms with Crippen LogP contribution in [-0.2, 0) is 22.4 Å². The molecule has 35 heavy (non-hydrogen) atoms. The van der Waals surface area contributed by atoms with Crippen molar-refractivity contribution in [3.63, 3.8) is 0 Å². The van der Waals surface area contributed by atoms with Gasteiger partial charge in [0, 0.05) is 38.1 Å². The summed E-state index contributed by atoms with van der Waals surface area (Å²) in [6, 6.07) is 4.97. The molecule has 3 aliphatic rings. The normalized spacial score (nSPS) is 17.7. The number of aliphatic carboxylic acids is 1. The molecule has 5 heterocycles. The van der Waals surface area contributed by atoms with E-state index in [-0.39, 0.29) is 25.0 Å². The Hall–Kier alpha value is -3.89. The van der Waals surface area contributed by atoms with Gasteiger partial charge in [-0.15, -0.1) is 0 Å². The van der Waals surface area contributed by atoms with Crippen LogP contribution in [0.15, 0.2) is 24.4 Å². The van der Waals surface area contributed by atoms with Crippen LogP contribution in [0.2, 0.25) is 0 Å². The standard InChI is InChI=1S/C24H28N6O5/c31-20-14-35-19-11-16(13-26-23(19)28-20)18(12-21(32)33)30-10-9-29(24(30)34)8-2-4-17-6-5-15-3-1-7-25-22(15)27-17/h5-6,11,13,18H,1-4,7-10,12,14H2,(H,25,27)(H,32,33)(H,26,28,31)/t18-/m1/s1. The number of anilines is 2. The van der Waals surface area contributed by atoms with Gasteiger partial charge in [-0.05, 0) is 48.9 Å². The number of aryl methyl sites for hydroxylation is 2. The third-order valence-corrected chi connectivity index (χ3v) is 6.56. The predicted octanol–water partition coefficient (Wildman–Crippen LogP) is 2.05. The van der Waals surface area contributed by atoms with E-state index in [1.165, 1.54) is 11.8 Å². The third-order valence-electron chi connectivity index (χ3n) is 6.56. The number of carbonyl (C=O) groups is 3. The summed E-state index contributed by atoms with van der Waals surface area (Å²) < 4.78 is 5.43. The highest BCUT2D eigenvalue weighted by atomic mass is 16.5. The number of fused-ring (bicyclic) bond motifs is 2. The summed E-state index contributed by atoms with van der Waals surface area (Å²) in [6.45, 7) is 2.33. The maximum Gasteiger partial charge on any atom is 0.320 e. The van der Waals surface area contributed by atoms with Crippen molar-refractivity contribution in [3.05, 3.63) is 41.2 Å². The van der Waals surface area contributed by atoms with E-state index in [4.69, 9.17) is 9.72 Å². The largest absolute Gasteiger partial charge is 0.481 e. The van der Waals surface area contributed by atoms with E-state index in [2.05, 4.69) is 27.8 Å². The first-order valence-corrected chi connectivity index (χ1v) is 11.9. The van der Waals surface area contributed by atoms with E-state index in [0.29, 0.717) is 36.8 Å². The van der Waals surface area contributed by atoms with Crippen LogP contribution in [0.4, 0.5) is 16.4 Å². The number of hydrogen-bond donors (Lipinski definition) is 3. The van der Waals surface area contributed by atoms with E-state index in [9.17, 15) is 19.5 Å². The van der Waals surface area contributed by atoms with Crippen LogP contribution >= 0.6 is 0 Å². The highest BCUT2D eigenvalue weighted by molar-refractivity contribution is 5.94. The van der Waals surface area contributed by atoms with Gasteiger partial charge in [-0.25, -0.2) is 14.8 Å². The number of ether oxygens (including phenoxy) is 1. The lowest BCUT2D eigenvalue weighted by atomic mass is 10.0. The molecule has 3 aliphatic heterocycles. The predicted molar refractivity (Wildman–Crippen MR) is 126 cm³/mol. The SMILES string of the molecule is O=C(O)C[C@H](c1cnc2c(c1)OCC(=O)N2)N1CCN(CCCc2ccc3c(n2)NCCC3)C1=O. The molecule has 11 heteroatoms. The summed E-state index contributed by atoms with van der Waals surface area (Å²) in [5.74, 6) is 0.315. The number of urea groups is 1. The second kappa shape index (κ2) is 9.77. The van der Waals surface area contributed by atoms with Gasteiger partial charge in [0.15, 0.2) is 18.2 Å². The molecular weight excluding hydrogens is 452 g/mol. The molecule has 1 fully saturated rings. The Bertz CT molecular complexity index is 1160. The van der Waals surface area contributed by atoms with Gasteiger partial charge in [0.1, 0.15) is 5.82 Å². The number of carboxylic acids is 1. The topological polar surface area (TPSA) is 137 Å². The third kappa shape index (κ3) is 4.98. The van der Waals surface area contributed by atoms with Crippen molar-refractivity contribution in [1.82, 2.24) is 19.8 Å². The van der Waals surface area contributed by atoms with Crippen molar-refractivity contribution >= 4 is 29.5 Å². The minimum absolute atomic E-state index is 0.132. The van der Waals surface area contributed by atoms with Gasteiger partial charge in [-0.3, -0.25) is 9.59 Å². The molecule has 1 atom stereocenters. The first kappa shape index (κ1) is 22.9. The quantitative estimate of drug-likeness (QED) is 0.522. The fourth-order valence-electron chi connectivity index (χ4n) is 4.79. The van der Waals surface area contributed by atoms with Crippen LogP contribution < -0.4 is 15.4 Å². The second-order valence-electron chi connectivity index (χ2n) is 8.97. The van der Waals surface area contributed by atoms with Crippen molar-refractivity contribution in [2.45, 2.75) is 38.1 Å². The first-order valence-electron chi connectivity index (χ1n) is 11.9. The van der Waals surface area contributed by atoms with Crippen LogP contribution in [0.1, 0.15) is 42.1 Å². The van der Waals surface area contributed by atoms with Crippen LogP contribution in [0.3, 0.4) is 0 Å². The number of rotatable bonds is 8. The smallest absolute Gasteiger partial charge is 0.320 e. The van der Waals surface area contributed by atoms with Gasteiger partial charge in [0.05, 0.1) is 12.5 Å². The maximum absolute atomic E-state index is 13.2. The zero-order valence-corrected chi connectivity index (χ0v) is 19.3. The fraction of sp³-hybridized carbons (Fsp3) is 0.458. The van der Waals surface area contributed by atoms with E-state index >= 15 is 0 Å². The summed E-state index contributed by atoms with van der Waals surface area (Å²) in [6.07, 6.45) is 4.94. The fourth-order valence-corrected chi connectivity index (χ4v) is 4.79. The molecule has 0 bridgehead atoms. The lowest BCUT2D eigenvalue weighted by Crippen LogP contribution is -2.36. The number of carboxylic acid groups (broad SMARTS) is 1. The maximum atomic E-state index is 13.2. The Morgan fingerprint density at radius 1 is 1.23 bits per heavy atom. The van der Waals surface area contributed by atoms with E-state index in [0.717, 1.165) is 43.7 Å². The highest BCUT2D eigenvalue weighted by Gasteiger charge is 2.36. The summed E-state index contributed by atoms with van der Waals surface area (Å²) in [7, 11) is 0. The molecule has 2 aromatic heterocycles. The molecule has 0 saturated carbocycles. The van der Waals surface area contributed by atoms with E-state index in [1.54, 1.807) is 15.9 Å². The minimum atomic E-state index is -1.01. The minimum Gasteiger partial charge on any atom is -0.481 e. The number of hydrogen-bond acceptors (Lipinski definition) is 7. The molecule has 11 nitrogen and oxygen atoms in total. The van der Waals surface area contributed by atoms with Crippen molar-refractivity contribution in [3.8, 4) is 5.75 Å². The molecular formula is C24H28N6O5. The Labute approximate surface area is 202 Å². The van der Waals surface area contributed by atoms with E-state index < -0.39 is 12.0 Å². The van der Waals surface area contributed by atoms with E-state index in [1.807, 2.05) is 0 Å². The molecule has 1 saturated heterocycles. The lowest BCUT2D eigenvalue weighted by Gasteiger charge is -2.28.